The Labute approximate surface area is 166 Å². The number of aryl methyl sites for hydroxylation is 1. The van der Waals surface area contributed by atoms with Crippen LogP contribution in [-0.4, -0.2) is 20.6 Å². The van der Waals surface area contributed by atoms with Crippen molar-refractivity contribution in [1.29, 1.82) is 0 Å². The summed E-state index contributed by atoms with van der Waals surface area (Å²) < 4.78 is 3.06. The fourth-order valence-corrected chi connectivity index (χ4v) is 3.63. The first kappa shape index (κ1) is 17.0. The largest absolute Gasteiger partial charge is 0.266 e. The zero-order valence-corrected chi connectivity index (χ0v) is 16.5. The summed E-state index contributed by atoms with van der Waals surface area (Å²) in [4.78, 5) is 0. The van der Waals surface area contributed by atoms with Crippen LogP contribution in [0.2, 0.25) is 0 Å². The Morgan fingerprint density at radius 1 is 1.00 bits per heavy atom. The van der Waals surface area contributed by atoms with Crippen LogP contribution in [0, 0.1) is 10.6 Å². The van der Waals surface area contributed by atoms with Gasteiger partial charge >= 0.3 is 0 Å². The van der Waals surface area contributed by atoms with Crippen molar-refractivity contribution in [1.82, 2.24) is 25.9 Å². The van der Waals surface area contributed by atoms with E-state index in [9.17, 15) is 0 Å². The molecule has 4 rings (SSSR count). The average Bonchev–Trinajstić information content (AvgIpc) is 3.23. The lowest BCUT2D eigenvalue weighted by atomic mass is 10.1. The highest BCUT2D eigenvalue weighted by molar-refractivity contribution is 14.1. The van der Waals surface area contributed by atoms with E-state index in [-0.39, 0.29) is 0 Å². The molecule has 6 nitrogen and oxygen atoms in total. The molecule has 0 spiro atoms. The molecule has 2 aromatic carbocycles. The van der Waals surface area contributed by atoms with Crippen molar-refractivity contribution in [3.05, 3.63) is 86.7 Å². The molecule has 0 fully saturated rings. The van der Waals surface area contributed by atoms with Crippen molar-refractivity contribution in [3.63, 3.8) is 0 Å². The monoisotopic (exact) mass is 458 g/mol. The molecule has 2 N–H and O–H groups in total. The van der Waals surface area contributed by atoms with Crippen LogP contribution >= 0.6 is 22.6 Å². The molecule has 0 amide bonds. The summed E-state index contributed by atoms with van der Waals surface area (Å²) in [6.07, 6.45) is 1.88. The maximum Gasteiger partial charge on any atom is 0.177 e. The Morgan fingerprint density at radius 2 is 1.81 bits per heavy atom. The number of hydrogen-bond acceptors (Lipinski definition) is 5. The summed E-state index contributed by atoms with van der Waals surface area (Å²) in [6, 6.07) is 18.8. The molecule has 0 bridgehead atoms. The second-order valence-electron chi connectivity index (χ2n) is 6.23. The number of rotatable bonds is 5. The minimum absolute atomic E-state index is 0.716. The summed E-state index contributed by atoms with van der Waals surface area (Å²) in [5.74, 6) is 0.843. The van der Waals surface area contributed by atoms with Gasteiger partial charge in [-0.15, -0.1) is 10.6 Å². The van der Waals surface area contributed by atoms with Crippen LogP contribution in [-0.2, 0) is 13.1 Å². The van der Waals surface area contributed by atoms with Crippen molar-refractivity contribution in [2.45, 2.75) is 20.0 Å². The van der Waals surface area contributed by atoms with Crippen LogP contribution in [0.3, 0.4) is 0 Å². The molecular weight excluding hydrogens is 439 g/mol. The van der Waals surface area contributed by atoms with Gasteiger partial charge in [0, 0.05) is 0 Å². The molecule has 3 aromatic rings. The molecule has 0 aliphatic carbocycles. The van der Waals surface area contributed by atoms with Crippen molar-refractivity contribution in [3.8, 4) is 0 Å². The zero-order chi connectivity index (χ0) is 17.9. The molecule has 2 heterocycles. The predicted molar refractivity (Wildman–Crippen MR) is 110 cm³/mol. The van der Waals surface area contributed by atoms with E-state index in [1.165, 1.54) is 16.7 Å². The fraction of sp³-hybridized carbons (Fsp3) is 0.158. The highest BCUT2D eigenvalue weighted by atomic mass is 127. The molecule has 0 saturated heterocycles. The Morgan fingerprint density at radius 3 is 2.62 bits per heavy atom. The van der Waals surface area contributed by atoms with Crippen molar-refractivity contribution in [2.24, 2.45) is 5.10 Å². The van der Waals surface area contributed by atoms with E-state index in [1.54, 1.807) is 0 Å². The maximum absolute atomic E-state index is 4.56. The Kier molecular flexibility index (Phi) is 4.89. The van der Waals surface area contributed by atoms with Gasteiger partial charge in [0.2, 0.25) is 0 Å². The van der Waals surface area contributed by atoms with Crippen LogP contribution in [0.25, 0.3) is 0 Å². The maximum atomic E-state index is 4.56. The average molecular weight is 458 g/mol. The molecule has 1 aromatic heterocycles. The SMILES string of the molecule is Cc1cccc(CN2NNN=C2c2cnn(Cc3ccccc3)c2I)c1. The normalized spacial score (nSPS) is 13.6. The summed E-state index contributed by atoms with van der Waals surface area (Å²) in [5, 5.41) is 11.0. The van der Waals surface area contributed by atoms with Gasteiger partial charge in [-0.05, 0) is 40.6 Å². The first-order valence-electron chi connectivity index (χ1n) is 8.38. The molecule has 132 valence electrons. The highest BCUT2D eigenvalue weighted by Gasteiger charge is 2.23. The van der Waals surface area contributed by atoms with E-state index < -0.39 is 0 Å². The molecule has 0 saturated carbocycles. The van der Waals surface area contributed by atoms with Gasteiger partial charge in [-0.2, -0.15) is 5.10 Å². The molecular formula is C19H19IN6. The third-order valence-corrected chi connectivity index (χ3v) is 5.35. The number of nitrogens with one attached hydrogen (secondary N) is 2. The van der Waals surface area contributed by atoms with E-state index in [4.69, 9.17) is 0 Å². The number of benzene rings is 2. The minimum atomic E-state index is 0.716. The molecule has 0 radical (unpaired) electrons. The number of amidine groups is 1. The topological polar surface area (TPSA) is 57.5 Å². The van der Waals surface area contributed by atoms with Gasteiger partial charge in [0.05, 0.1) is 24.8 Å². The second kappa shape index (κ2) is 7.46. The second-order valence-corrected chi connectivity index (χ2v) is 7.25. The molecule has 7 heteroatoms. The molecule has 26 heavy (non-hydrogen) atoms. The summed E-state index contributed by atoms with van der Waals surface area (Å²) in [6.45, 7) is 3.56. The Bertz CT molecular complexity index is 934. The number of hydrazone groups is 1. The van der Waals surface area contributed by atoms with Gasteiger partial charge in [0.25, 0.3) is 0 Å². The predicted octanol–water partition coefficient (Wildman–Crippen LogP) is 3.03. The first-order chi connectivity index (χ1) is 12.7. The van der Waals surface area contributed by atoms with Crippen LogP contribution in [0.1, 0.15) is 22.3 Å². The number of aromatic nitrogens is 2. The Hall–Kier alpha value is -2.39. The quantitative estimate of drug-likeness (QED) is 0.578. The number of nitrogens with zero attached hydrogens (tertiary/aromatic N) is 4. The van der Waals surface area contributed by atoms with Gasteiger partial charge in [-0.25, -0.2) is 5.53 Å². The zero-order valence-electron chi connectivity index (χ0n) is 14.4. The summed E-state index contributed by atoms with van der Waals surface area (Å²) >= 11 is 2.34. The van der Waals surface area contributed by atoms with E-state index in [2.05, 4.69) is 87.2 Å². The fourth-order valence-electron chi connectivity index (χ4n) is 2.95. The molecule has 1 aliphatic rings. The van der Waals surface area contributed by atoms with Crippen LogP contribution in [0.4, 0.5) is 0 Å². The number of hydrogen-bond donors (Lipinski definition) is 2. The van der Waals surface area contributed by atoms with Crippen molar-refractivity contribution < 1.29 is 0 Å². The number of halogens is 1. The van der Waals surface area contributed by atoms with Crippen LogP contribution in [0.15, 0.2) is 65.9 Å². The van der Waals surface area contributed by atoms with E-state index in [1.807, 2.05) is 34.1 Å². The van der Waals surface area contributed by atoms with Crippen molar-refractivity contribution in [2.75, 3.05) is 0 Å². The van der Waals surface area contributed by atoms with Crippen LogP contribution < -0.4 is 11.1 Å². The van der Waals surface area contributed by atoms with Crippen LogP contribution in [0.5, 0.6) is 0 Å². The standard InChI is InChI=1S/C19H19IN6/c1-14-6-5-9-16(10-14)13-26-19(22-23-24-26)17-11-21-25(18(17)20)12-15-7-3-2-4-8-15/h2-11,23-24H,12-13H2,1H3. The lowest BCUT2D eigenvalue weighted by molar-refractivity contribution is 0.288. The lowest BCUT2D eigenvalue weighted by Crippen LogP contribution is -2.40. The molecule has 1 aliphatic heterocycles. The van der Waals surface area contributed by atoms with Gasteiger partial charge < -0.3 is 0 Å². The molecule has 0 atom stereocenters. The first-order valence-corrected chi connectivity index (χ1v) is 9.45. The van der Waals surface area contributed by atoms with Gasteiger partial charge in [0.15, 0.2) is 5.84 Å². The van der Waals surface area contributed by atoms with Gasteiger partial charge in [0.1, 0.15) is 3.70 Å². The lowest BCUT2D eigenvalue weighted by Gasteiger charge is -2.19. The van der Waals surface area contributed by atoms with E-state index >= 15 is 0 Å². The summed E-state index contributed by atoms with van der Waals surface area (Å²) in [5.41, 5.74) is 10.7. The minimum Gasteiger partial charge on any atom is -0.266 e. The smallest absolute Gasteiger partial charge is 0.177 e. The van der Waals surface area contributed by atoms with Gasteiger partial charge in [-0.1, -0.05) is 60.2 Å². The third-order valence-electron chi connectivity index (χ3n) is 4.22. The van der Waals surface area contributed by atoms with Gasteiger partial charge in [-0.3, -0.25) is 9.69 Å². The number of hydrazine groups is 2. The van der Waals surface area contributed by atoms with Crippen molar-refractivity contribution >= 4 is 28.4 Å². The Balaban J connectivity index is 1.55. The van der Waals surface area contributed by atoms with E-state index in [0.717, 1.165) is 21.6 Å². The van der Waals surface area contributed by atoms with E-state index in [0.29, 0.717) is 6.54 Å². The third kappa shape index (κ3) is 3.58. The molecule has 0 unspecified atom stereocenters. The highest BCUT2D eigenvalue weighted by Crippen LogP contribution is 2.18. The summed E-state index contributed by atoms with van der Waals surface area (Å²) in [7, 11) is 0.